The molecule has 2 aromatic carbocycles. The number of aromatic hydroxyl groups is 1. The van der Waals surface area contributed by atoms with Crippen molar-refractivity contribution in [2.75, 3.05) is 20.6 Å². The van der Waals surface area contributed by atoms with Gasteiger partial charge in [-0.3, -0.25) is 4.79 Å². The number of hydrogen-bond acceptors (Lipinski definition) is 3. The minimum Gasteiger partial charge on any atom is -0.507 e. The molecule has 0 saturated carbocycles. The highest BCUT2D eigenvalue weighted by molar-refractivity contribution is 6.31. The molecule has 6 heteroatoms. The number of rotatable bonds is 5. The van der Waals surface area contributed by atoms with Gasteiger partial charge in [0.05, 0.1) is 11.6 Å². The summed E-state index contributed by atoms with van der Waals surface area (Å²) in [5.74, 6) is -0.902. The first kappa shape index (κ1) is 17.2. The van der Waals surface area contributed by atoms with Crippen LogP contribution >= 0.6 is 11.6 Å². The van der Waals surface area contributed by atoms with E-state index in [-0.39, 0.29) is 29.7 Å². The molecule has 0 saturated heterocycles. The van der Waals surface area contributed by atoms with E-state index in [4.69, 9.17) is 11.6 Å². The maximum Gasteiger partial charge on any atom is 0.255 e. The zero-order chi connectivity index (χ0) is 17.0. The number of likely N-dealkylation sites (N-methyl/N-ethyl adjacent to an activating group) is 1. The molecule has 1 unspecified atom stereocenters. The number of phenols is 1. The summed E-state index contributed by atoms with van der Waals surface area (Å²) in [5, 5.41) is 12.9. The Morgan fingerprint density at radius 1 is 1.30 bits per heavy atom. The lowest BCUT2D eigenvalue weighted by atomic mass is 10.1. The SMILES string of the molecule is CN(C)C(CNC(=O)c1cc(Cl)ccc1O)c1cccc(F)c1. The van der Waals surface area contributed by atoms with Crippen LogP contribution in [0.15, 0.2) is 42.5 Å². The van der Waals surface area contributed by atoms with Crippen molar-refractivity contribution >= 4 is 17.5 Å². The summed E-state index contributed by atoms with van der Waals surface area (Å²) < 4.78 is 13.4. The molecule has 0 fully saturated rings. The number of carbonyl (C=O) groups excluding carboxylic acids is 1. The fourth-order valence-electron chi connectivity index (χ4n) is 2.29. The largest absolute Gasteiger partial charge is 0.507 e. The summed E-state index contributed by atoms with van der Waals surface area (Å²) in [6.07, 6.45) is 0. The fourth-order valence-corrected chi connectivity index (χ4v) is 2.46. The Labute approximate surface area is 139 Å². The van der Waals surface area contributed by atoms with Crippen molar-refractivity contribution < 1.29 is 14.3 Å². The Morgan fingerprint density at radius 3 is 2.70 bits per heavy atom. The van der Waals surface area contributed by atoms with Crippen LogP contribution < -0.4 is 5.32 Å². The highest BCUT2D eigenvalue weighted by Crippen LogP contribution is 2.22. The van der Waals surface area contributed by atoms with Gasteiger partial charge in [-0.15, -0.1) is 0 Å². The molecule has 0 heterocycles. The minimum atomic E-state index is -0.437. The van der Waals surface area contributed by atoms with Crippen molar-refractivity contribution in [2.45, 2.75) is 6.04 Å². The van der Waals surface area contributed by atoms with E-state index < -0.39 is 5.91 Å². The van der Waals surface area contributed by atoms with Crippen LogP contribution in [0.2, 0.25) is 5.02 Å². The molecule has 2 rings (SSSR count). The van der Waals surface area contributed by atoms with E-state index in [0.29, 0.717) is 5.02 Å². The second-order valence-corrected chi connectivity index (χ2v) is 5.84. The summed E-state index contributed by atoms with van der Waals surface area (Å²) in [4.78, 5) is 14.1. The quantitative estimate of drug-likeness (QED) is 0.881. The zero-order valence-electron chi connectivity index (χ0n) is 12.9. The third kappa shape index (κ3) is 4.43. The second-order valence-electron chi connectivity index (χ2n) is 5.41. The number of halogens is 2. The molecule has 0 spiro atoms. The molecule has 1 amide bonds. The molecule has 2 aromatic rings. The molecule has 0 aliphatic heterocycles. The standard InChI is InChI=1S/C17H18ClFN2O2/c1-21(2)15(11-4-3-5-13(19)8-11)10-20-17(23)14-9-12(18)6-7-16(14)22/h3-9,15,22H,10H2,1-2H3,(H,20,23). The number of amides is 1. The summed E-state index contributed by atoms with van der Waals surface area (Å²) in [6, 6.07) is 10.3. The van der Waals surface area contributed by atoms with E-state index in [0.717, 1.165) is 5.56 Å². The van der Waals surface area contributed by atoms with Crippen LogP contribution in [-0.4, -0.2) is 36.6 Å². The van der Waals surface area contributed by atoms with Gasteiger partial charge in [-0.2, -0.15) is 0 Å². The Morgan fingerprint density at radius 2 is 2.04 bits per heavy atom. The van der Waals surface area contributed by atoms with Crippen molar-refractivity contribution in [1.82, 2.24) is 10.2 Å². The summed E-state index contributed by atoms with van der Waals surface area (Å²) in [5.41, 5.74) is 0.861. The van der Waals surface area contributed by atoms with Crippen LogP contribution in [0.4, 0.5) is 4.39 Å². The molecule has 2 N–H and O–H groups in total. The predicted octanol–water partition coefficient (Wildman–Crippen LogP) is 3.22. The van der Waals surface area contributed by atoms with Gasteiger partial charge < -0.3 is 15.3 Å². The van der Waals surface area contributed by atoms with E-state index >= 15 is 0 Å². The van der Waals surface area contributed by atoms with Crippen LogP contribution in [0, 0.1) is 5.82 Å². The molecular formula is C17H18ClFN2O2. The minimum absolute atomic E-state index is 0.106. The number of hydrogen-bond donors (Lipinski definition) is 2. The van der Waals surface area contributed by atoms with E-state index in [1.807, 2.05) is 19.0 Å². The van der Waals surface area contributed by atoms with Gasteiger partial charge in [-0.05, 0) is 50.0 Å². The maximum absolute atomic E-state index is 13.4. The average Bonchev–Trinajstić information content (AvgIpc) is 2.49. The first-order valence-corrected chi connectivity index (χ1v) is 7.45. The molecule has 4 nitrogen and oxygen atoms in total. The maximum atomic E-state index is 13.4. The van der Waals surface area contributed by atoms with Crippen LogP contribution in [-0.2, 0) is 0 Å². The highest BCUT2D eigenvalue weighted by Gasteiger charge is 2.18. The number of nitrogens with one attached hydrogen (secondary N) is 1. The molecule has 23 heavy (non-hydrogen) atoms. The normalized spacial score (nSPS) is 12.2. The van der Waals surface area contributed by atoms with Gasteiger partial charge in [0.2, 0.25) is 0 Å². The van der Waals surface area contributed by atoms with Gasteiger partial charge in [0.25, 0.3) is 5.91 Å². The third-order valence-corrected chi connectivity index (χ3v) is 3.75. The van der Waals surface area contributed by atoms with Crippen LogP contribution in [0.5, 0.6) is 5.75 Å². The number of nitrogens with zero attached hydrogens (tertiary/aromatic N) is 1. The van der Waals surface area contributed by atoms with E-state index in [9.17, 15) is 14.3 Å². The summed E-state index contributed by atoms with van der Waals surface area (Å²) >= 11 is 5.85. The summed E-state index contributed by atoms with van der Waals surface area (Å²) in [6.45, 7) is 0.265. The summed E-state index contributed by atoms with van der Waals surface area (Å²) in [7, 11) is 3.69. The molecule has 0 aromatic heterocycles. The van der Waals surface area contributed by atoms with Crippen LogP contribution in [0.25, 0.3) is 0 Å². The lowest BCUT2D eigenvalue weighted by molar-refractivity contribution is 0.0939. The Hall–Kier alpha value is -2.11. The zero-order valence-corrected chi connectivity index (χ0v) is 13.6. The number of phenolic OH excluding ortho intramolecular Hbond substituents is 1. The predicted molar refractivity (Wildman–Crippen MR) is 88.3 cm³/mol. The van der Waals surface area contributed by atoms with Crippen LogP contribution in [0.3, 0.4) is 0 Å². The second kappa shape index (κ2) is 7.44. The average molecular weight is 337 g/mol. The van der Waals surface area contributed by atoms with Gasteiger partial charge in [0.1, 0.15) is 11.6 Å². The van der Waals surface area contributed by atoms with Crippen molar-refractivity contribution in [3.8, 4) is 5.75 Å². The van der Waals surface area contributed by atoms with Crippen LogP contribution in [0.1, 0.15) is 22.0 Å². The van der Waals surface area contributed by atoms with Crippen molar-refractivity contribution in [1.29, 1.82) is 0 Å². The van der Waals surface area contributed by atoms with Crippen molar-refractivity contribution in [2.24, 2.45) is 0 Å². The fraction of sp³-hybridized carbons (Fsp3) is 0.235. The van der Waals surface area contributed by atoms with Gasteiger partial charge >= 0.3 is 0 Å². The molecule has 0 aliphatic carbocycles. The molecule has 0 radical (unpaired) electrons. The Kier molecular flexibility index (Phi) is 5.58. The smallest absolute Gasteiger partial charge is 0.255 e. The number of carbonyl (C=O) groups is 1. The van der Waals surface area contributed by atoms with Gasteiger partial charge in [0.15, 0.2) is 0 Å². The molecule has 0 aliphatic rings. The topological polar surface area (TPSA) is 52.6 Å². The van der Waals surface area contributed by atoms with Gasteiger partial charge in [-0.25, -0.2) is 4.39 Å². The molecule has 0 bridgehead atoms. The first-order chi connectivity index (χ1) is 10.9. The highest BCUT2D eigenvalue weighted by atomic mass is 35.5. The van der Waals surface area contributed by atoms with Crippen molar-refractivity contribution in [3.05, 3.63) is 64.4 Å². The Balaban J connectivity index is 2.13. The van der Waals surface area contributed by atoms with E-state index in [1.54, 1.807) is 12.1 Å². The molecule has 122 valence electrons. The lowest BCUT2D eigenvalue weighted by Gasteiger charge is -2.25. The third-order valence-electron chi connectivity index (χ3n) is 3.52. The monoisotopic (exact) mass is 336 g/mol. The van der Waals surface area contributed by atoms with Crippen molar-refractivity contribution in [3.63, 3.8) is 0 Å². The molecular weight excluding hydrogens is 319 g/mol. The molecule has 1 atom stereocenters. The van der Waals surface area contributed by atoms with Gasteiger partial charge in [-0.1, -0.05) is 23.7 Å². The van der Waals surface area contributed by atoms with E-state index in [1.165, 1.54) is 30.3 Å². The van der Waals surface area contributed by atoms with Gasteiger partial charge in [0, 0.05) is 11.6 Å². The van der Waals surface area contributed by atoms with E-state index in [2.05, 4.69) is 5.32 Å². The Bertz CT molecular complexity index is 707. The first-order valence-electron chi connectivity index (χ1n) is 7.07. The lowest BCUT2D eigenvalue weighted by Crippen LogP contribution is -2.34. The number of benzene rings is 2.